The van der Waals surface area contributed by atoms with Gasteiger partial charge in [-0.3, -0.25) is 0 Å². The fourth-order valence-electron chi connectivity index (χ4n) is 1.84. The van der Waals surface area contributed by atoms with E-state index >= 15 is 0 Å². The first-order valence-electron chi connectivity index (χ1n) is 7.47. The SMILES string of the molecule is CCOCCCOc1ccc(C)cc1CNC(C)(C)C. The minimum Gasteiger partial charge on any atom is -0.493 e. The predicted octanol–water partition coefficient (Wildman–Crippen LogP) is 3.69. The molecular weight excluding hydrogens is 250 g/mol. The van der Waals surface area contributed by atoms with Crippen LogP contribution in [0.1, 0.15) is 45.2 Å². The van der Waals surface area contributed by atoms with E-state index in [1.54, 1.807) is 0 Å². The first-order chi connectivity index (χ1) is 9.42. The first kappa shape index (κ1) is 17.0. The second kappa shape index (κ2) is 8.28. The molecule has 114 valence electrons. The van der Waals surface area contributed by atoms with Gasteiger partial charge in [0.2, 0.25) is 0 Å². The van der Waals surface area contributed by atoms with Gasteiger partial charge in [0, 0.05) is 37.3 Å². The molecule has 0 unspecified atom stereocenters. The Labute approximate surface area is 123 Å². The minimum absolute atomic E-state index is 0.107. The molecule has 1 N–H and O–H groups in total. The summed E-state index contributed by atoms with van der Waals surface area (Å²) in [6, 6.07) is 6.35. The molecule has 3 heteroatoms. The van der Waals surface area contributed by atoms with E-state index in [1.807, 2.05) is 6.92 Å². The third kappa shape index (κ3) is 6.92. The summed E-state index contributed by atoms with van der Waals surface area (Å²) in [5, 5.41) is 3.51. The molecule has 3 nitrogen and oxygen atoms in total. The molecule has 1 rings (SSSR count). The van der Waals surface area contributed by atoms with Crippen LogP contribution in [0.25, 0.3) is 0 Å². The van der Waals surface area contributed by atoms with Crippen LogP contribution >= 0.6 is 0 Å². The lowest BCUT2D eigenvalue weighted by Crippen LogP contribution is -2.35. The Hall–Kier alpha value is -1.06. The lowest BCUT2D eigenvalue weighted by atomic mass is 10.1. The van der Waals surface area contributed by atoms with Crippen molar-refractivity contribution < 1.29 is 9.47 Å². The largest absolute Gasteiger partial charge is 0.493 e. The molecule has 0 aromatic heterocycles. The van der Waals surface area contributed by atoms with E-state index in [9.17, 15) is 0 Å². The number of aryl methyl sites for hydroxylation is 1. The molecule has 0 saturated heterocycles. The molecule has 0 aliphatic heterocycles. The van der Waals surface area contributed by atoms with Gasteiger partial charge in [0.05, 0.1) is 6.61 Å². The average molecular weight is 279 g/mol. The molecule has 0 saturated carbocycles. The second-order valence-corrected chi connectivity index (χ2v) is 6.11. The zero-order valence-corrected chi connectivity index (χ0v) is 13.6. The van der Waals surface area contributed by atoms with Crippen LogP contribution < -0.4 is 10.1 Å². The third-order valence-electron chi connectivity index (χ3n) is 2.92. The molecule has 0 atom stereocenters. The summed E-state index contributed by atoms with van der Waals surface area (Å²) in [6.45, 7) is 13.7. The van der Waals surface area contributed by atoms with Crippen LogP contribution in [0.4, 0.5) is 0 Å². The van der Waals surface area contributed by atoms with Crippen molar-refractivity contribution in [2.75, 3.05) is 19.8 Å². The summed E-state index contributed by atoms with van der Waals surface area (Å²) >= 11 is 0. The van der Waals surface area contributed by atoms with E-state index in [1.165, 1.54) is 11.1 Å². The van der Waals surface area contributed by atoms with Crippen LogP contribution in [0.5, 0.6) is 5.75 Å². The Morgan fingerprint density at radius 2 is 1.90 bits per heavy atom. The van der Waals surface area contributed by atoms with E-state index < -0.39 is 0 Å². The number of hydrogen-bond acceptors (Lipinski definition) is 3. The Bertz CT molecular complexity index is 396. The van der Waals surface area contributed by atoms with Gasteiger partial charge in [-0.25, -0.2) is 0 Å². The first-order valence-corrected chi connectivity index (χ1v) is 7.47. The fraction of sp³-hybridized carbons (Fsp3) is 0.647. The van der Waals surface area contributed by atoms with Crippen molar-refractivity contribution in [3.05, 3.63) is 29.3 Å². The summed E-state index contributed by atoms with van der Waals surface area (Å²) in [5.74, 6) is 0.976. The summed E-state index contributed by atoms with van der Waals surface area (Å²) in [4.78, 5) is 0. The number of benzene rings is 1. The van der Waals surface area contributed by atoms with Crippen LogP contribution in [0, 0.1) is 6.92 Å². The Morgan fingerprint density at radius 1 is 1.15 bits per heavy atom. The fourth-order valence-corrected chi connectivity index (χ4v) is 1.84. The molecule has 0 spiro atoms. The average Bonchev–Trinajstić information content (AvgIpc) is 2.37. The normalized spacial score (nSPS) is 11.7. The van der Waals surface area contributed by atoms with E-state index in [0.29, 0.717) is 6.61 Å². The molecule has 0 amide bonds. The van der Waals surface area contributed by atoms with Gasteiger partial charge < -0.3 is 14.8 Å². The smallest absolute Gasteiger partial charge is 0.123 e. The van der Waals surface area contributed by atoms with Crippen molar-refractivity contribution in [1.82, 2.24) is 5.32 Å². The molecule has 0 fully saturated rings. The van der Waals surface area contributed by atoms with E-state index in [4.69, 9.17) is 9.47 Å². The van der Waals surface area contributed by atoms with Gasteiger partial charge in [-0.15, -0.1) is 0 Å². The quantitative estimate of drug-likeness (QED) is 0.736. The van der Waals surface area contributed by atoms with Gasteiger partial charge in [0.25, 0.3) is 0 Å². The van der Waals surface area contributed by atoms with E-state index in [0.717, 1.165) is 31.9 Å². The van der Waals surface area contributed by atoms with Gasteiger partial charge in [-0.1, -0.05) is 17.7 Å². The molecule has 0 aliphatic rings. The molecule has 0 heterocycles. The van der Waals surface area contributed by atoms with Gasteiger partial charge in [-0.2, -0.15) is 0 Å². The van der Waals surface area contributed by atoms with Crippen molar-refractivity contribution in [2.24, 2.45) is 0 Å². The molecule has 0 radical (unpaired) electrons. The Kier molecular flexibility index (Phi) is 7.03. The summed E-state index contributed by atoms with van der Waals surface area (Å²) < 4.78 is 11.2. The maximum atomic E-state index is 5.88. The van der Waals surface area contributed by atoms with Crippen LogP contribution in [0.15, 0.2) is 18.2 Å². The van der Waals surface area contributed by atoms with Crippen molar-refractivity contribution in [3.63, 3.8) is 0 Å². The van der Waals surface area contributed by atoms with E-state index in [-0.39, 0.29) is 5.54 Å². The predicted molar refractivity (Wildman–Crippen MR) is 84.4 cm³/mol. The summed E-state index contributed by atoms with van der Waals surface area (Å²) in [7, 11) is 0. The van der Waals surface area contributed by atoms with Crippen LogP contribution in [-0.2, 0) is 11.3 Å². The van der Waals surface area contributed by atoms with Gasteiger partial charge in [0.1, 0.15) is 5.75 Å². The van der Waals surface area contributed by atoms with Crippen LogP contribution in [0.3, 0.4) is 0 Å². The van der Waals surface area contributed by atoms with Gasteiger partial charge in [-0.05, 0) is 40.7 Å². The highest BCUT2D eigenvalue weighted by molar-refractivity contribution is 5.36. The lowest BCUT2D eigenvalue weighted by molar-refractivity contribution is 0.130. The highest BCUT2D eigenvalue weighted by Crippen LogP contribution is 2.21. The lowest BCUT2D eigenvalue weighted by Gasteiger charge is -2.22. The molecule has 1 aromatic carbocycles. The molecule has 20 heavy (non-hydrogen) atoms. The Morgan fingerprint density at radius 3 is 2.55 bits per heavy atom. The van der Waals surface area contributed by atoms with E-state index in [2.05, 4.69) is 51.2 Å². The minimum atomic E-state index is 0.107. The van der Waals surface area contributed by atoms with Gasteiger partial charge in [0.15, 0.2) is 0 Å². The van der Waals surface area contributed by atoms with Crippen molar-refractivity contribution in [3.8, 4) is 5.75 Å². The highest BCUT2D eigenvalue weighted by Gasteiger charge is 2.11. The molecule has 0 bridgehead atoms. The molecule has 0 aliphatic carbocycles. The van der Waals surface area contributed by atoms with Crippen molar-refractivity contribution in [2.45, 2.75) is 53.1 Å². The zero-order valence-electron chi connectivity index (χ0n) is 13.6. The standard InChI is InChI=1S/C17H29NO2/c1-6-19-10-7-11-20-16-9-8-14(2)12-15(16)13-18-17(3,4)5/h8-9,12,18H,6-7,10-11,13H2,1-5H3. The Balaban J connectivity index is 2.56. The summed E-state index contributed by atoms with van der Waals surface area (Å²) in [6.07, 6.45) is 0.924. The monoisotopic (exact) mass is 279 g/mol. The maximum absolute atomic E-state index is 5.88. The summed E-state index contributed by atoms with van der Waals surface area (Å²) in [5.41, 5.74) is 2.59. The highest BCUT2D eigenvalue weighted by atomic mass is 16.5. The third-order valence-corrected chi connectivity index (χ3v) is 2.92. The van der Waals surface area contributed by atoms with Crippen molar-refractivity contribution >= 4 is 0 Å². The van der Waals surface area contributed by atoms with Crippen molar-refractivity contribution in [1.29, 1.82) is 0 Å². The maximum Gasteiger partial charge on any atom is 0.123 e. The number of ether oxygens (including phenoxy) is 2. The number of nitrogens with one attached hydrogen (secondary N) is 1. The van der Waals surface area contributed by atoms with Crippen LogP contribution in [0.2, 0.25) is 0 Å². The zero-order chi connectivity index (χ0) is 15.0. The number of hydrogen-bond donors (Lipinski definition) is 1. The number of rotatable bonds is 8. The van der Waals surface area contributed by atoms with Crippen LogP contribution in [-0.4, -0.2) is 25.4 Å². The topological polar surface area (TPSA) is 30.5 Å². The molecule has 1 aromatic rings. The molecular formula is C17H29NO2. The van der Waals surface area contributed by atoms with Gasteiger partial charge >= 0.3 is 0 Å². The second-order valence-electron chi connectivity index (χ2n) is 6.11.